The number of rotatable bonds is 4. The van der Waals surface area contributed by atoms with Crippen LogP contribution in [0.15, 0.2) is 34.9 Å². The summed E-state index contributed by atoms with van der Waals surface area (Å²) in [6, 6.07) is 0. The van der Waals surface area contributed by atoms with Gasteiger partial charge in [-0.1, -0.05) is 18.2 Å². The third kappa shape index (κ3) is 2.61. The van der Waals surface area contributed by atoms with Crippen molar-refractivity contribution in [2.75, 3.05) is 6.61 Å². The van der Waals surface area contributed by atoms with Crippen LogP contribution in [0.2, 0.25) is 0 Å². The Bertz CT molecular complexity index is 741. The Kier molecular flexibility index (Phi) is 4.31. The van der Waals surface area contributed by atoms with Crippen LogP contribution in [0.25, 0.3) is 0 Å². The molecule has 3 aliphatic rings. The molecule has 1 N–H and O–H groups in total. The van der Waals surface area contributed by atoms with Crippen LogP contribution < -0.4 is 0 Å². The molecular weight excluding hydrogens is 320 g/mol. The number of allylic oxidation sites excluding steroid dienone is 4. The molecule has 0 aromatic heterocycles. The first-order chi connectivity index (χ1) is 11.7. The molecule has 5 nitrogen and oxygen atoms in total. The summed E-state index contributed by atoms with van der Waals surface area (Å²) in [4.78, 5) is 37.3. The molecule has 134 valence electrons. The van der Waals surface area contributed by atoms with Crippen LogP contribution in [-0.2, 0) is 19.1 Å². The van der Waals surface area contributed by atoms with Gasteiger partial charge in [-0.25, -0.2) is 4.79 Å². The second-order valence-electron chi connectivity index (χ2n) is 7.61. The van der Waals surface area contributed by atoms with Gasteiger partial charge < -0.3 is 9.84 Å². The average Bonchev–Trinajstić information content (AvgIpc) is 2.78. The van der Waals surface area contributed by atoms with Crippen molar-refractivity contribution >= 4 is 17.5 Å². The largest absolute Gasteiger partial charge is 0.453 e. The maximum absolute atomic E-state index is 12.9. The summed E-state index contributed by atoms with van der Waals surface area (Å²) in [7, 11) is 0. The Hall–Kier alpha value is -2.01. The van der Waals surface area contributed by atoms with Gasteiger partial charge in [0.25, 0.3) is 0 Å². The topological polar surface area (TPSA) is 80.7 Å². The Morgan fingerprint density at radius 1 is 1.40 bits per heavy atom. The number of aliphatic hydroxyl groups excluding tert-OH is 1. The summed E-state index contributed by atoms with van der Waals surface area (Å²) < 4.78 is 5.63. The van der Waals surface area contributed by atoms with Gasteiger partial charge in [0.15, 0.2) is 5.78 Å². The normalized spacial score (nSPS) is 34.2. The SMILES string of the molecule is C=C(C)[C@@H]1CC[C@]2(CO)OC(=O)C3=C(CC(C)=O)C(=O)C(C)=C[C@@H]1[C@@H]32. The highest BCUT2D eigenvalue weighted by atomic mass is 16.6. The van der Waals surface area contributed by atoms with Gasteiger partial charge in [0.05, 0.1) is 12.2 Å². The van der Waals surface area contributed by atoms with E-state index in [9.17, 15) is 19.5 Å². The second kappa shape index (κ2) is 6.06. The number of aliphatic hydroxyl groups is 1. The maximum Gasteiger partial charge on any atom is 0.335 e. The molecule has 2 fully saturated rings. The number of esters is 1. The van der Waals surface area contributed by atoms with Crippen LogP contribution >= 0.6 is 0 Å². The van der Waals surface area contributed by atoms with Gasteiger partial charge in [0.2, 0.25) is 0 Å². The van der Waals surface area contributed by atoms with E-state index in [-0.39, 0.29) is 42.0 Å². The van der Waals surface area contributed by atoms with Gasteiger partial charge in [-0.15, -0.1) is 0 Å². The predicted octanol–water partition coefficient (Wildman–Crippen LogP) is 2.30. The number of hydrogen-bond donors (Lipinski definition) is 1. The molecule has 5 heteroatoms. The average molecular weight is 344 g/mol. The lowest BCUT2D eigenvalue weighted by molar-refractivity contribution is -0.157. The molecule has 1 heterocycles. The first kappa shape index (κ1) is 17.8. The fourth-order valence-electron chi connectivity index (χ4n) is 4.72. The number of ketones is 2. The molecule has 3 rings (SSSR count). The van der Waals surface area contributed by atoms with Gasteiger partial charge >= 0.3 is 5.97 Å². The summed E-state index contributed by atoms with van der Waals surface area (Å²) >= 11 is 0. The molecule has 0 aromatic carbocycles. The van der Waals surface area contributed by atoms with E-state index in [0.29, 0.717) is 17.6 Å². The van der Waals surface area contributed by atoms with E-state index in [4.69, 9.17) is 4.74 Å². The number of Topliss-reactive ketones (excluding diaryl/α,β-unsaturated/α-hetero) is 2. The van der Waals surface area contributed by atoms with Gasteiger partial charge in [0.1, 0.15) is 11.4 Å². The fraction of sp³-hybridized carbons (Fsp3) is 0.550. The predicted molar refractivity (Wildman–Crippen MR) is 91.5 cm³/mol. The van der Waals surface area contributed by atoms with Crippen LogP contribution in [0, 0.1) is 17.8 Å². The Balaban J connectivity index is 2.27. The first-order valence-corrected chi connectivity index (χ1v) is 8.67. The standard InChI is InChI=1S/C20H24O5/c1-10(2)13-5-6-20(9-21)17-14(13)7-11(3)18(23)15(8-12(4)22)16(17)19(24)25-20/h7,13-14,17,21H,1,5-6,8-9H2,2-4H3/t13-,14-,17-,20+/m0/s1. The van der Waals surface area contributed by atoms with Crippen molar-refractivity contribution in [2.24, 2.45) is 17.8 Å². The van der Waals surface area contributed by atoms with Crippen molar-refractivity contribution in [3.63, 3.8) is 0 Å². The Morgan fingerprint density at radius 2 is 2.08 bits per heavy atom. The second-order valence-corrected chi connectivity index (χ2v) is 7.61. The lowest BCUT2D eigenvalue weighted by Crippen LogP contribution is -2.49. The third-order valence-corrected chi connectivity index (χ3v) is 5.85. The number of carbonyl (C=O) groups is 3. The number of hydrogen-bond acceptors (Lipinski definition) is 5. The first-order valence-electron chi connectivity index (χ1n) is 8.67. The lowest BCUT2D eigenvalue weighted by atomic mass is 9.61. The fourth-order valence-corrected chi connectivity index (χ4v) is 4.72. The smallest absolute Gasteiger partial charge is 0.335 e. The van der Waals surface area contributed by atoms with Crippen molar-refractivity contribution < 1.29 is 24.2 Å². The number of ether oxygens (including phenoxy) is 1. The molecule has 1 saturated carbocycles. The highest BCUT2D eigenvalue weighted by Gasteiger charge is 2.60. The van der Waals surface area contributed by atoms with E-state index in [1.165, 1.54) is 6.92 Å². The molecule has 0 unspecified atom stereocenters. The molecule has 25 heavy (non-hydrogen) atoms. The third-order valence-electron chi connectivity index (χ3n) is 5.85. The van der Waals surface area contributed by atoms with Crippen LogP contribution in [0.1, 0.15) is 40.0 Å². The van der Waals surface area contributed by atoms with Crippen LogP contribution in [-0.4, -0.2) is 34.9 Å². The van der Waals surface area contributed by atoms with E-state index >= 15 is 0 Å². The molecule has 0 bridgehead atoms. The van der Waals surface area contributed by atoms with Crippen LogP contribution in [0.5, 0.6) is 0 Å². The van der Waals surface area contributed by atoms with E-state index in [2.05, 4.69) is 6.58 Å². The molecule has 1 aliphatic heterocycles. The van der Waals surface area contributed by atoms with Crippen molar-refractivity contribution in [1.29, 1.82) is 0 Å². The van der Waals surface area contributed by atoms with Gasteiger partial charge in [0, 0.05) is 17.9 Å². The van der Waals surface area contributed by atoms with Crippen molar-refractivity contribution in [3.8, 4) is 0 Å². The lowest BCUT2D eigenvalue weighted by Gasteiger charge is -2.44. The summed E-state index contributed by atoms with van der Waals surface area (Å²) in [5, 5.41) is 10.0. The number of carbonyl (C=O) groups excluding carboxylic acids is 3. The Morgan fingerprint density at radius 3 is 2.64 bits per heavy atom. The molecule has 2 aliphatic carbocycles. The maximum atomic E-state index is 12.9. The molecule has 0 amide bonds. The van der Waals surface area contributed by atoms with Gasteiger partial charge in [-0.2, -0.15) is 0 Å². The molecule has 0 radical (unpaired) electrons. The van der Waals surface area contributed by atoms with Crippen LogP contribution in [0.4, 0.5) is 0 Å². The molecule has 0 aromatic rings. The van der Waals surface area contributed by atoms with Crippen LogP contribution in [0.3, 0.4) is 0 Å². The van der Waals surface area contributed by atoms with Gasteiger partial charge in [-0.05, 0) is 51.0 Å². The summed E-state index contributed by atoms with van der Waals surface area (Å²) in [5.41, 5.74) is 1.04. The van der Waals surface area contributed by atoms with Crippen molar-refractivity contribution in [3.05, 3.63) is 34.9 Å². The molecular formula is C20H24O5. The summed E-state index contributed by atoms with van der Waals surface area (Å²) in [5.74, 6) is -1.48. The van der Waals surface area contributed by atoms with Crippen molar-refractivity contribution in [1.82, 2.24) is 0 Å². The minimum absolute atomic E-state index is 0.0864. The zero-order valence-electron chi connectivity index (χ0n) is 14.9. The highest BCUT2D eigenvalue weighted by Crippen LogP contribution is 2.55. The monoisotopic (exact) mass is 344 g/mol. The molecule has 0 spiro atoms. The summed E-state index contributed by atoms with van der Waals surface area (Å²) in [6.07, 6.45) is 3.06. The van der Waals surface area contributed by atoms with Gasteiger partial charge in [-0.3, -0.25) is 9.59 Å². The minimum atomic E-state index is -1.01. The molecule has 1 saturated heterocycles. The quantitative estimate of drug-likeness (QED) is 0.625. The summed E-state index contributed by atoms with van der Waals surface area (Å²) in [6.45, 7) is 8.86. The Labute approximate surface area is 147 Å². The highest BCUT2D eigenvalue weighted by molar-refractivity contribution is 6.15. The zero-order valence-corrected chi connectivity index (χ0v) is 14.9. The zero-order chi connectivity index (χ0) is 18.5. The van der Waals surface area contributed by atoms with Crippen molar-refractivity contribution in [2.45, 2.75) is 45.6 Å². The van der Waals surface area contributed by atoms with E-state index in [0.717, 1.165) is 12.0 Å². The van der Waals surface area contributed by atoms with E-state index in [1.807, 2.05) is 13.0 Å². The van der Waals surface area contributed by atoms with E-state index in [1.54, 1.807) is 6.92 Å². The minimum Gasteiger partial charge on any atom is -0.453 e. The molecule has 4 atom stereocenters. The van der Waals surface area contributed by atoms with E-state index < -0.39 is 17.5 Å².